The van der Waals surface area contributed by atoms with Gasteiger partial charge >= 0.3 is 0 Å². The molecule has 0 saturated carbocycles. The van der Waals surface area contributed by atoms with Gasteiger partial charge in [-0.25, -0.2) is 9.37 Å². The smallest absolute Gasteiger partial charge is 0.254 e. The van der Waals surface area contributed by atoms with Crippen molar-refractivity contribution in [1.29, 1.82) is 0 Å². The number of benzene rings is 1. The minimum absolute atomic E-state index is 0.0523. The van der Waals surface area contributed by atoms with E-state index in [2.05, 4.69) is 25.3 Å². The van der Waals surface area contributed by atoms with E-state index in [0.29, 0.717) is 17.9 Å². The van der Waals surface area contributed by atoms with Gasteiger partial charge in [0.05, 0.1) is 5.92 Å². The molecule has 1 aromatic carbocycles. The Hall–Kier alpha value is -3.03. The van der Waals surface area contributed by atoms with Crippen LogP contribution in [0.3, 0.4) is 0 Å². The van der Waals surface area contributed by atoms with Crippen LogP contribution in [-0.2, 0) is 11.3 Å². The first-order valence-electron chi connectivity index (χ1n) is 9.05. The number of piperidine rings is 1. The van der Waals surface area contributed by atoms with Gasteiger partial charge in [-0.2, -0.15) is 14.6 Å². The highest BCUT2D eigenvalue weighted by Crippen LogP contribution is 2.24. The van der Waals surface area contributed by atoms with Crippen LogP contribution in [0.25, 0.3) is 5.78 Å². The van der Waals surface area contributed by atoms with E-state index in [4.69, 9.17) is 0 Å². The van der Waals surface area contributed by atoms with Crippen molar-refractivity contribution >= 4 is 17.5 Å². The fraction of sp³-hybridized carbons (Fsp3) is 0.368. The van der Waals surface area contributed by atoms with E-state index in [0.717, 1.165) is 30.9 Å². The maximum absolute atomic E-state index is 13.7. The summed E-state index contributed by atoms with van der Waals surface area (Å²) in [4.78, 5) is 23.3. The second-order valence-electron chi connectivity index (χ2n) is 6.82. The molecular weight excluding hydrogens is 347 g/mol. The van der Waals surface area contributed by atoms with Crippen molar-refractivity contribution in [3.05, 3.63) is 53.7 Å². The third-order valence-electron chi connectivity index (χ3n) is 4.89. The number of carbonyl (C=O) groups excluding carboxylic acids is 1. The van der Waals surface area contributed by atoms with Gasteiger partial charge in [-0.15, -0.1) is 0 Å². The Balaban J connectivity index is 1.47. The Morgan fingerprint density at radius 3 is 3.07 bits per heavy atom. The Bertz CT molecular complexity index is 972. The molecule has 7 nitrogen and oxygen atoms in total. The standard InChI is InChI=1S/C19H21FN6O/c1-13-9-17(26-19(24-13)22-12-23-26)25-8-4-6-15(11-25)18(27)21-10-14-5-2-3-7-16(14)20/h2-3,5,7,9,12,15H,4,6,8,10-11H2,1H3,(H,21,27)/t15-/m1/s1. The lowest BCUT2D eigenvalue weighted by Gasteiger charge is -2.33. The lowest BCUT2D eigenvalue weighted by atomic mass is 9.97. The maximum Gasteiger partial charge on any atom is 0.254 e. The van der Waals surface area contributed by atoms with Gasteiger partial charge in [0, 0.05) is 37.0 Å². The highest BCUT2D eigenvalue weighted by Gasteiger charge is 2.27. The number of amides is 1. The Morgan fingerprint density at radius 2 is 2.22 bits per heavy atom. The molecule has 2 aromatic heterocycles. The minimum Gasteiger partial charge on any atom is -0.356 e. The molecule has 0 aliphatic carbocycles. The number of aromatic nitrogens is 4. The molecule has 27 heavy (non-hydrogen) atoms. The van der Waals surface area contributed by atoms with E-state index in [1.807, 2.05) is 13.0 Å². The van der Waals surface area contributed by atoms with Gasteiger partial charge in [0.2, 0.25) is 5.91 Å². The van der Waals surface area contributed by atoms with Crippen molar-refractivity contribution in [3.63, 3.8) is 0 Å². The molecule has 1 aliphatic rings. The first kappa shape index (κ1) is 17.4. The first-order chi connectivity index (χ1) is 13.1. The largest absolute Gasteiger partial charge is 0.356 e. The SMILES string of the molecule is Cc1cc(N2CCC[C@@H](C(=O)NCc3ccccc3F)C2)n2ncnc2n1. The van der Waals surface area contributed by atoms with Crippen LogP contribution in [0, 0.1) is 18.7 Å². The van der Waals surface area contributed by atoms with Gasteiger partial charge < -0.3 is 10.2 Å². The van der Waals surface area contributed by atoms with Gasteiger partial charge in [-0.3, -0.25) is 4.79 Å². The molecule has 1 aliphatic heterocycles. The van der Waals surface area contributed by atoms with Gasteiger partial charge in [-0.05, 0) is 25.8 Å². The molecule has 140 valence electrons. The molecule has 3 heterocycles. The maximum atomic E-state index is 13.7. The third-order valence-corrected chi connectivity index (χ3v) is 4.89. The number of nitrogens with zero attached hydrogens (tertiary/aromatic N) is 5. The third kappa shape index (κ3) is 3.60. The zero-order valence-electron chi connectivity index (χ0n) is 15.1. The van der Waals surface area contributed by atoms with Gasteiger partial charge in [0.25, 0.3) is 5.78 Å². The van der Waals surface area contributed by atoms with Crippen LogP contribution in [-0.4, -0.2) is 38.6 Å². The van der Waals surface area contributed by atoms with Crippen molar-refractivity contribution in [2.75, 3.05) is 18.0 Å². The second-order valence-corrected chi connectivity index (χ2v) is 6.82. The predicted molar refractivity (Wildman–Crippen MR) is 98.7 cm³/mol. The molecule has 3 aromatic rings. The Morgan fingerprint density at radius 1 is 1.37 bits per heavy atom. The molecular formula is C19H21FN6O. The number of rotatable bonds is 4. The summed E-state index contributed by atoms with van der Waals surface area (Å²) in [5.41, 5.74) is 1.35. The van der Waals surface area contributed by atoms with E-state index in [1.54, 1.807) is 22.7 Å². The molecule has 1 amide bonds. The quantitative estimate of drug-likeness (QED) is 0.763. The highest BCUT2D eigenvalue weighted by atomic mass is 19.1. The fourth-order valence-electron chi connectivity index (χ4n) is 3.50. The molecule has 1 fully saturated rings. The fourth-order valence-corrected chi connectivity index (χ4v) is 3.50. The van der Waals surface area contributed by atoms with Crippen molar-refractivity contribution in [2.45, 2.75) is 26.3 Å². The van der Waals surface area contributed by atoms with Crippen molar-refractivity contribution in [1.82, 2.24) is 24.9 Å². The molecule has 8 heteroatoms. The number of fused-ring (bicyclic) bond motifs is 1. The van der Waals surface area contributed by atoms with E-state index in [-0.39, 0.29) is 24.2 Å². The van der Waals surface area contributed by atoms with Crippen LogP contribution in [0.4, 0.5) is 10.2 Å². The summed E-state index contributed by atoms with van der Waals surface area (Å²) < 4.78 is 15.4. The van der Waals surface area contributed by atoms with Crippen molar-refractivity contribution in [3.8, 4) is 0 Å². The number of hydrogen-bond donors (Lipinski definition) is 1. The number of nitrogens with one attached hydrogen (secondary N) is 1. The molecule has 0 unspecified atom stereocenters. The summed E-state index contributed by atoms with van der Waals surface area (Å²) in [6, 6.07) is 8.45. The summed E-state index contributed by atoms with van der Waals surface area (Å²) in [6.07, 6.45) is 3.19. The summed E-state index contributed by atoms with van der Waals surface area (Å²) >= 11 is 0. The van der Waals surface area contributed by atoms with Crippen LogP contribution < -0.4 is 10.2 Å². The Labute approximate surface area is 156 Å². The van der Waals surface area contributed by atoms with E-state index in [9.17, 15) is 9.18 Å². The topological polar surface area (TPSA) is 75.4 Å². The summed E-state index contributed by atoms with van der Waals surface area (Å²) in [6.45, 7) is 3.54. The number of carbonyl (C=O) groups is 1. The first-order valence-corrected chi connectivity index (χ1v) is 9.05. The number of halogens is 1. The van der Waals surface area contributed by atoms with Crippen LogP contribution >= 0.6 is 0 Å². The molecule has 0 bridgehead atoms. The molecule has 1 atom stereocenters. The van der Waals surface area contributed by atoms with E-state index in [1.165, 1.54) is 12.4 Å². The summed E-state index contributed by atoms with van der Waals surface area (Å²) in [7, 11) is 0. The van der Waals surface area contributed by atoms with Crippen LogP contribution in [0.1, 0.15) is 24.1 Å². The van der Waals surface area contributed by atoms with Gasteiger partial charge in [0.1, 0.15) is 18.0 Å². The van der Waals surface area contributed by atoms with Gasteiger partial charge in [-0.1, -0.05) is 18.2 Å². The molecule has 0 spiro atoms. The highest BCUT2D eigenvalue weighted by molar-refractivity contribution is 5.79. The predicted octanol–water partition coefficient (Wildman–Crippen LogP) is 2.10. The van der Waals surface area contributed by atoms with Crippen LogP contribution in [0.5, 0.6) is 0 Å². The van der Waals surface area contributed by atoms with Crippen molar-refractivity contribution < 1.29 is 9.18 Å². The van der Waals surface area contributed by atoms with Crippen LogP contribution in [0.2, 0.25) is 0 Å². The minimum atomic E-state index is -0.302. The molecule has 0 radical (unpaired) electrons. The van der Waals surface area contributed by atoms with Crippen LogP contribution in [0.15, 0.2) is 36.7 Å². The van der Waals surface area contributed by atoms with E-state index >= 15 is 0 Å². The average molecular weight is 368 g/mol. The zero-order valence-corrected chi connectivity index (χ0v) is 15.1. The van der Waals surface area contributed by atoms with Gasteiger partial charge in [0.15, 0.2) is 0 Å². The molecule has 1 saturated heterocycles. The molecule has 1 N–H and O–H groups in total. The number of hydrogen-bond acceptors (Lipinski definition) is 5. The van der Waals surface area contributed by atoms with Crippen molar-refractivity contribution in [2.24, 2.45) is 5.92 Å². The average Bonchev–Trinajstić information content (AvgIpc) is 3.15. The number of aryl methyl sites for hydroxylation is 1. The Kier molecular flexibility index (Phi) is 4.70. The monoisotopic (exact) mass is 368 g/mol. The zero-order chi connectivity index (χ0) is 18.8. The normalized spacial score (nSPS) is 17.3. The summed E-state index contributed by atoms with van der Waals surface area (Å²) in [5.74, 6) is 0.933. The summed E-state index contributed by atoms with van der Waals surface area (Å²) in [5, 5.41) is 7.12. The molecule has 4 rings (SSSR count). The number of anilines is 1. The van der Waals surface area contributed by atoms with E-state index < -0.39 is 0 Å². The second kappa shape index (κ2) is 7.30. The lowest BCUT2D eigenvalue weighted by Crippen LogP contribution is -2.43. The lowest BCUT2D eigenvalue weighted by molar-refractivity contribution is -0.125.